The molecule has 0 atom stereocenters. The van der Waals surface area contributed by atoms with Crippen molar-refractivity contribution in [2.24, 2.45) is 0 Å². The third-order valence-electron chi connectivity index (χ3n) is 5.75. The van der Waals surface area contributed by atoms with Crippen LogP contribution >= 0.6 is 0 Å². The molecule has 2 amide bonds. The van der Waals surface area contributed by atoms with Crippen molar-refractivity contribution in [3.8, 4) is 16.9 Å². The number of benzene rings is 2. The van der Waals surface area contributed by atoms with Gasteiger partial charge in [0.25, 0.3) is 5.91 Å². The van der Waals surface area contributed by atoms with Gasteiger partial charge in [-0.1, -0.05) is 30.3 Å². The summed E-state index contributed by atoms with van der Waals surface area (Å²) < 4.78 is 47.7. The van der Waals surface area contributed by atoms with Gasteiger partial charge in [-0.2, -0.15) is 18.3 Å². The van der Waals surface area contributed by atoms with Crippen LogP contribution in [-0.2, 0) is 30.2 Å². The van der Waals surface area contributed by atoms with E-state index in [9.17, 15) is 22.8 Å². The van der Waals surface area contributed by atoms with Crippen LogP contribution in [-0.4, -0.2) is 21.6 Å². The molecule has 2 heterocycles. The second kappa shape index (κ2) is 8.79. The van der Waals surface area contributed by atoms with Gasteiger partial charge in [0.2, 0.25) is 5.91 Å². The smallest absolute Gasteiger partial charge is 0.435 e. The van der Waals surface area contributed by atoms with Crippen LogP contribution in [0.1, 0.15) is 32.9 Å². The van der Waals surface area contributed by atoms with Crippen LogP contribution in [0.15, 0.2) is 71.3 Å². The fourth-order valence-electron chi connectivity index (χ4n) is 4.14. The Morgan fingerprint density at radius 3 is 2.43 bits per heavy atom. The number of halogens is 3. The number of carbonyl (C=O) groups is 2. The molecule has 4 aromatic rings. The van der Waals surface area contributed by atoms with Gasteiger partial charge in [0, 0.05) is 23.1 Å². The number of amides is 2. The summed E-state index contributed by atoms with van der Waals surface area (Å²) in [4.78, 5) is 24.5. The van der Waals surface area contributed by atoms with Gasteiger partial charge < -0.3 is 4.42 Å². The van der Waals surface area contributed by atoms with Crippen molar-refractivity contribution in [2.45, 2.75) is 25.4 Å². The quantitative estimate of drug-likeness (QED) is 0.428. The number of aromatic nitrogens is 2. The monoisotopic (exact) mass is 480 g/mol. The van der Waals surface area contributed by atoms with E-state index < -0.39 is 17.8 Å². The molecule has 0 fully saturated rings. The van der Waals surface area contributed by atoms with E-state index in [0.29, 0.717) is 29.1 Å². The van der Waals surface area contributed by atoms with Crippen LogP contribution < -0.4 is 10.9 Å². The first-order valence-electron chi connectivity index (χ1n) is 10.8. The van der Waals surface area contributed by atoms with E-state index in [-0.39, 0.29) is 29.9 Å². The van der Waals surface area contributed by atoms with Gasteiger partial charge in [0.15, 0.2) is 5.69 Å². The highest BCUT2D eigenvalue weighted by molar-refractivity contribution is 5.95. The number of nitrogens with one attached hydrogen (secondary N) is 2. The predicted molar refractivity (Wildman–Crippen MR) is 119 cm³/mol. The maximum Gasteiger partial charge on any atom is 0.435 e. The van der Waals surface area contributed by atoms with Crippen molar-refractivity contribution >= 4 is 11.8 Å². The number of hydrogen-bond acceptors (Lipinski definition) is 4. The number of nitrogens with zero attached hydrogens (tertiary/aromatic N) is 2. The molecule has 0 unspecified atom stereocenters. The number of furan rings is 1. The Bertz CT molecular complexity index is 1390. The van der Waals surface area contributed by atoms with Crippen LogP contribution in [0.5, 0.6) is 0 Å². The van der Waals surface area contributed by atoms with Gasteiger partial charge in [-0.05, 0) is 42.3 Å². The molecule has 7 nitrogen and oxygen atoms in total. The van der Waals surface area contributed by atoms with E-state index in [1.54, 1.807) is 18.2 Å². The summed E-state index contributed by atoms with van der Waals surface area (Å²) in [5, 5.41) is 3.88. The number of hydrogen-bond donors (Lipinski definition) is 2. The topological polar surface area (TPSA) is 89.2 Å². The molecule has 1 aliphatic rings. The minimum absolute atomic E-state index is 0.0992. The van der Waals surface area contributed by atoms with Crippen molar-refractivity contribution in [3.63, 3.8) is 0 Å². The molecule has 0 radical (unpaired) electrons. The zero-order valence-corrected chi connectivity index (χ0v) is 18.2. The van der Waals surface area contributed by atoms with Gasteiger partial charge in [0.05, 0.1) is 24.1 Å². The number of rotatable bonds is 4. The molecule has 0 saturated carbocycles. The fraction of sp³-hybridized carbons (Fsp3) is 0.160. The van der Waals surface area contributed by atoms with E-state index in [1.807, 2.05) is 18.2 Å². The minimum atomic E-state index is -4.60. The molecule has 35 heavy (non-hydrogen) atoms. The number of fused-ring (bicyclic) bond motifs is 3. The SMILES string of the molecule is O=C(Cc1ccccc1)NNC(=O)c1ccc(-n2nc(C(F)(F)F)c3c2-c2ccoc2CC3)cc1. The molecule has 2 aromatic heterocycles. The first-order valence-corrected chi connectivity index (χ1v) is 10.8. The van der Waals surface area contributed by atoms with Crippen molar-refractivity contribution in [3.05, 3.63) is 95.1 Å². The van der Waals surface area contributed by atoms with Crippen LogP contribution in [0, 0.1) is 0 Å². The molecule has 178 valence electrons. The van der Waals surface area contributed by atoms with E-state index in [2.05, 4.69) is 16.0 Å². The second-order valence-corrected chi connectivity index (χ2v) is 8.05. The highest BCUT2D eigenvalue weighted by Gasteiger charge is 2.41. The third kappa shape index (κ3) is 4.42. The highest BCUT2D eigenvalue weighted by Crippen LogP contribution is 2.42. The summed E-state index contributed by atoms with van der Waals surface area (Å²) in [6, 6.07) is 16.6. The van der Waals surface area contributed by atoms with Crippen molar-refractivity contribution in [1.82, 2.24) is 20.6 Å². The average molecular weight is 480 g/mol. The van der Waals surface area contributed by atoms with Crippen LogP contribution in [0.3, 0.4) is 0 Å². The molecule has 10 heteroatoms. The van der Waals surface area contributed by atoms with Crippen LogP contribution in [0.4, 0.5) is 13.2 Å². The van der Waals surface area contributed by atoms with Gasteiger partial charge >= 0.3 is 6.18 Å². The Hall–Kier alpha value is -4.34. The standard InChI is InChI=1S/C25H19F3N4O3/c26-25(27,28)23-19-10-11-20-18(12-13-35-20)22(19)32(31-23)17-8-6-16(7-9-17)24(34)30-29-21(33)14-15-4-2-1-3-5-15/h1-9,12-13H,10-11,14H2,(H,29,33)(H,30,34). The molecule has 2 N–H and O–H groups in total. The molecule has 2 aromatic carbocycles. The van der Waals surface area contributed by atoms with Crippen molar-refractivity contribution in [2.75, 3.05) is 0 Å². The molecule has 1 aliphatic carbocycles. The van der Waals surface area contributed by atoms with Crippen molar-refractivity contribution in [1.29, 1.82) is 0 Å². The largest absolute Gasteiger partial charge is 0.469 e. The van der Waals surface area contributed by atoms with E-state index in [0.717, 1.165) is 5.56 Å². The zero-order valence-electron chi connectivity index (χ0n) is 18.2. The molecule has 0 aliphatic heterocycles. The fourth-order valence-corrected chi connectivity index (χ4v) is 4.14. The van der Waals surface area contributed by atoms with Gasteiger partial charge in [-0.3, -0.25) is 20.4 Å². The number of alkyl halides is 3. The van der Waals surface area contributed by atoms with E-state index in [4.69, 9.17) is 4.42 Å². The Balaban J connectivity index is 1.35. The second-order valence-electron chi connectivity index (χ2n) is 8.05. The summed E-state index contributed by atoms with van der Waals surface area (Å²) in [5.74, 6) is -0.344. The first-order chi connectivity index (χ1) is 16.8. The number of carbonyl (C=O) groups excluding carboxylic acids is 2. The first kappa shape index (κ1) is 22.5. The Morgan fingerprint density at radius 1 is 0.971 bits per heavy atom. The van der Waals surface area contributed by atoms with E-state index in [1.165, 1.54) is 35.2 Å². The Morgan fingerprint density at radius 2 is 1.71 bits per heavy atom. The lowest BCUT2D eigenvalue weighted by Gasteiger charge is -2.15. The number of hydrazine groups is 1. The molecule has 0 saturated heterocycles. The lowest BCUT2D eigenvalue weighted by atomic mass is 9.94. The van der Waals surface area contributed by atoms with E-state index >= 15 is 0 Å². The predicted octanol–water partition coefficient (Wildman–Crippen LogP) is 4.25. The van der Waals surface area contributed by atoms with Crippen LogP contribution in [0.25, 0.3) is 16.9 Å². The highest BCUT2D eigenvalue weighted by atomic mass is 19.4. The summed E-state index contributed by atoms with van der Waals surface area (Å²) in [6.07, 6.45) is -2.53. The summed E-state index contributed by atoms with van der Waals surface area (Å²) in [5.41, 5.74) is 6.15. The Labute approximate surface area is 197 Å². The molecule has 0 bridgehead atoms. The van der Waals surface area contributed by atoms with Crippen LogP contribution in [0.2, 0.25) is 0 Å². The van der Waals surface area contributed by atoms with Gasteiger partial charge in [-0.15, -0.1) is 0 Å². The summed E-state index contributed by atoms with van der Waals surface area (Å²) in [6.45, 7) is 0. The molecule has 0 spiro atoms. The molecular formula is C25H19F3N4O3. The minimum Gasteiger partial charge on any atom is -0.469 e. The Kier molecular flexibility index (Phi) is 5.64. The van der Waals surface area contributed by atoms with Crippen molar-refractivity contribution < 1.29 is 27.2 Å². The van der Waals surface area contributed by atoms with Gasteiger partial charge in [0.1, 0.15) is 5.76 Å². The van der Waals surface area contributed by atoms with Gasteiger partial charge in [-0.25, -0.2) is 4.68 Å². The normalized spacial score (nSPS) is 12.5. The average Bonchev–Trinajstić information content (AvgIpc) is 3.48. The number of aryl methyl sites for hydroxylation is 1. The molecular weight excluding hydrogens is 461 g/mol. The third-order valence-corrected chi connectivity index (χ3v) is 5.75. The summed E-state index contributed by atoms with van der Waals surface area (Å²) >= 11 is 0. The summed E-state index contributed by atoms with van der Waals surface area (Å²) in [7, 11) is 0. The lowest BCUT2D eigenvalue weighted by molar-refractivity contribution is -0.142. The zero-order chi connectivity index (χ0) is 24.6. The maximum atomic E-state index is 13.7. The maximum absolute atomic E-state index is 13.7. The molecule has 5 rings (SSSR count). The lowest BCUT2D eigenvalue weighted by Crippen LogP contribution is -2.42.